The first kappa shape index (κ1) is 15.4. The van der Waals surface area contributed by atoms with E-state index >= 15 is 0 Å². The Morgan fingerprint density at radius 1 is 1.30 bits per heavy atom. The van der Waals surface area contributed by atoms with Crippen molar-refractivity contribution in [1.29, 1.82) is 0 Å². The molecule has 7 heteroatoms. The summed E-state index contributed by atoms with van der Waals surface area (Å²) in [6, 6.07) is 7.47. The minimum absolute atomic E-state index is 0.0860. The predicted molar refractivity (Wildman–Crippen MR) is 85.8 cm³/mol. The van der Waals surface area contributed by atoms with E-state index in [1.807, 2.05) is 31.2 Å². The molecule has 3 aromatic heterocycles. The molecule has 0 bridgehead atoms. The largest absolute Gasteiger partial charge is 0.467 e. The van der Waals surface area contributed by atoms with E-state index in [0.29, 0.717) is 24.4 Å². The number of hydrogen-bond donors (Lipinski definition) is 0. The smallest absolute Gasteiger partial charge is 0.268 e. The van der Waals surface area contributed by atoms with Crippen LogP contribution in [0.4, 0.5) is 0 Å². The lowest BCUT2D eigenvalue weighted by Crippen LogP contribution is -2.30. The van der Waals surface area contributed by atoms with E-state index in [4.69, 9.17) is 4.42 Å². The molecule has 0 aliphatic carbocycles. The number of nitrogens with zero attached hydrogens (tertiary/aromatic N) is 4. The van der Waals surface area contributed by atoms with Crippen LogP contribution in [0.3, 0.4) is 0 Å². The first-order chi connectivity index (χ1) is 11.3. The number of pyridine rings is 1. The zero-order chi connectivity index (χ0) is 16.1. The predicted octanol–water partition coefficient (Wildman–Crippen LogP) is 2.93. The van der Waals surface area contributed by atoms with E-state index in [1.165, 1.54) is 0 Å². The third-order valence-corrected chi connectivity index (χ3v) is 4.15. The van der Waals surface area contributed by atoms with E-state index in [1.54, 1.807) is 23.6 Å². The summed E-state index contributed by atoms with van der Waals surface area (Å²) in [6.07, 6.45) is 5.76. The van der Waals surface area contributed by atoms with E-state index < -0.39 is 0 Å². The minimum atomic E-state index is -0.0860. The molecule has 0 aliphatic rings. The molecule has 0 fully saturated rings. The van der Waals surface area contributed by atoms with Crippen LogP contribution in [0.2, 0.25) is 0 Å². The van der Waals surface area contributed by atoms with Gasteiger partial charge in [0.15, 0.2) is 0 Å². The number of carbonyl (C=O) groups is 1. The fraction of sp³-hybridized carbons (Fsp3) is 0.250. The second-order valence-electron chi connectivity index (χ2n) is 5.00. The van der Waals surface area contributed by atoms with Gasteiger partial charge in [0.1, 0.15) is 10.6 Å². The molecule has 6 nitrogen and oxygen atoms in total. The Kier molecular flexibility index (Phi) is 4.77. The van der Waals surface area contributed by atoms with Gasteiger partial charge in [-0.3, -0.25) is 9.78 Å². The van der Waals surface area contributed by atoms with Gasteiger partial charge < -0.3 is 9.32 Å². The Bertz CT molecular complexity index is 756. The van der Waals surface area contributed by atoms with Crippen molar-refractivity contribution in [2.75, 3.05) is 0 Å². The normalized spacial score (nSPS) is 10.7. The summed E-state index contributed by atoms with van der Waals surface area (Å²) in [7, 11) is 0. The highest BCUT2D eigenvalue weighted by atomic mass is 32.1. The number of aryl methyl sites for hydroxylation is 1. The summed E-state index contributed by atoms with van der Waals surface area (Å²) < 4.78 is 9.30. The molecule has 0 aromatic carbocycles. The van der Waals surface area contributed by atoms with Crippen molar-refractivity contribution in [3.63, 3.8) is 0 Å². The summed E-state index contributed by atoms with van der Waals surface area (Å²) in [4.78, 5) is 19.3. The van der Waals surface area contributed by atoms with Crippen molar-refractivity contribution in [1.82, 2.24) is 19.5 Å². The minimum Gasteiger partial charge on any atom is -0.467 e. The Hall–Kier alpha value is -2.54. The molecule has 1 amide bonds. The van der Waals surface area contributed by atoms with Crippen LogP contribution in [0.1, 0.15) is 33.6 Å². The summed E-state index contributed by atoms with van der Waals surface area (Å²) in [5.41, 5.74) is 1.69. The Balaban J connectivity index is 1.86. The fourth-order valence-corrected chi connectivity index (χ4v) is 2.97. The highest BCUT2D eigenvalue weighted by Crippen LogP contribution is 2.18. The number of furan rings is 1. The third kappa shape index (κ3) is 3.62. The van der Waals surface area contributed by atoms with E-state index in [-0.39, 0.29) is 5.91 Å². The fourth-order valence-electron chi connectivity index (χ4n) is 2.25. The maximum absolute atomic E-state index is 12.9. The van der Waals surface area contributed by atoms with Crippen molar-refractivity contribution in [2.45, 2.75) is 26.4 Å². The highest BCUT2D eigenvalue weighted by molar-refractivity contribution is 7.07. The van der Waals surface area contributed by atoms with Crippen molar-refractivity contribution in [2.24, 2.45) is 0 Å². The summed E-state index contributed by atoms with van der Waals surface area (Å²) in [6.45, 7) is 2.81. The van der Waals surface area contributed by atoms with Crippen LogP contribution in [-0.2, 0) is 19.5 Å². The van der Waals surface area contributed by atoms with Crippen LogP contribution >= 0.6 is 11.5 Å². The molecule has 0 aliphatic heterocycles. The molecule has 3 rings (SSSR count). The van der Waals surface area contributed by atoms with Crippen molar-refractivity contribution >= 4 is 17.4 Å². The Labute approximate surface area is 137 Å². The molecule has 0 atom stereocenters. The number of aromatic nitrogens is 3. The molecule has 3 heterocycles. The number of hydrogen-bond acceptors (Lipinski definition) is 6. The number of rotatable bonds is 6. The van der Waals surface area contributed by atoms with Gasteiger partial charge in [-0.2, -0.15) is 0 Å². The first-order valence-corrected chi connectivity index (χ1v) is 8.07. The molecule has 0 radical (unpaired) electrons. The van der Waals surface area contributed by atoms with Crippen LogP contribution in [0.5, 0.6) is 0 Å². The average molecular weight is 328 g/mol. The number of amides is 1. The monoisotopic (exact) mass is 328 g/mol. The molecule has 0 unspecified atom stereocenters. The van der Waals surface area contributed by atoms with Crippen molar-refractivity contribution in [3.8, 4) is 0 Å². The Morgan fingerprint density at radius 2 is 2.22 bits per heavy atom. The van der Waals surface area contributed by atoms with Gasteiger partial charge in [0.05, 0.1) is 18.5 Å². The summed E-state index contributed by atoms with van der Waals surface area (Å²) >= 11 is 1.14. The number of carbonyl (C=O) groups excluding carboxylic acids is 1. The quantitative estimate of drug-likeness (QED) is 0.695. The maximum Gasteiger partial charge on any atom is 0.268 e. The maximum atomic E-state index is 12.9. The first-order valence-electron chi connectivity index (χ1n) is 7.29. The van der Waals surface area contributed by atoms with Crippen LogP contribution in [-0.4, -0.2) is 25.4 Å². The second kappa shape index (κ2) is 7.15. The van der Waals surface area contributed by atoms with E-state index in [2.05, 4.69) is 14.6 Å². The summed E-state index contributed by atoms with van der Waals surface area (Å²) in [5, 5.41) is 4.03. The molecule has 23 heavy (non-hydrogen) atoms. The van der Waals surface area contributed by atoms with Crippen LogP contribution < -0.4 is 0 Å². The van der Waals surface area contributed by atoms with Crippen molar-refractivity contribution in [3.05, 3.63) is 64.8 Å². The lowest BCUT2D eigenvalue weighted by Gasteiger charge is -2.21. The van der Waals surface area contributed by atoms with Gasteiger partial charge in [-0.1, -0.05) is 17.5 Å². The third-order valence-electron chi connectivity index (χ3n) is 3.40. The molecular formula is C16H16N4O2S. The van der Waals surface area contributed by atoms with Gasteiger partial charge in [0, 0.05) is 18.9 Å². The molecule has 0 N–H and O–H groups in total. The van der Waals surface area contributed by atoms with E-state index in [9.17, 15) is 4.79 Å². The van der Waals surface area contributed by atoms with E-state index in [0.717, 1.165) is 28.6 Å². The molecule has 0 saturated heterocycles. The van der Waals surface area contributed by atoms with Crippen molar-refractivity contribution < 1.29 is 9.21 Å². The van der Waals surface area contributed by atoms with Gasteiger partial charge >= 0.3 is 0 Å². The standard InChI is InChI=1S/C16H16N4O2S/c1-2-14-15(23-19-18-14)16(21)20(11-13-6-4-8-22-13)10-12-5-3-7-17-9-12/h3-9H,2,10-11H2,1H3. The molecule has 0 spiro atoms. The van der Waals surface area contributed by atoms with Gasteiger partial charge in [-0.25, -0.2) is 0 Å². The van der Waals surface area contributed by atoms with Gasteiger partial charge in [0.2, 0.25) is 0 Å². The highest BCUT2D eigenvalue weighted by Gasteiger charge is 2.23. The topological polar surface area (TPSA) is 72.1 Å². The molecule has 3 aromatic rings. The SMILES string of the molecule is CCc1nnsc1C(=O)N(Cc1cccnc1)Cc1ccco1. The van der Waals surface area contributed by atoms with Gasteiger partial charge in [-0.05, 0) is 41.7 Å². The van der Waals surface area contributed by atoms with Crippen LogP contribution in [0.25, 0.3) is 0 Å². The van der Waals surface area contributed by atoms with Crippen LogP contribution in [0.15, 0.2) is 47.3 Å². The Morgan fingerprint density at radius 3 is 2.91 bits per heavy atom. The lowest BCUT2D eigenvalue weighted by atomic mass is 10.2. The molecule has 0 saturated carbocycles. The van der Waals surface area contributed by atoms with Gasteiger partial charge in [0.25, 0.3) is 5.91 Å². The van der Waals surface area contributed by atoms with Crippen LogP contribution in [0, 0.1) is 0 Å². The molecular weight excluding hydrogens is 312 g/mol. The second-order valence-corrected chi connectivity index (χ2v) is 5.76. The summed E-state index contributed by atoms with van der Waals surface area (Å²) in [5.74, 6) is 0.648. The lowest BCUT2D eigenvalue weighted by molar-refractivity contribution is 0.0721. The average Bonchev–Trinajstić information content (AvgIpc) is 3.25. The zero-order valence-corrected chi connectivity index (χ0v) is 13.5. The van der Waals surface area contributed by atoms with Gasteiger partial charge in [-0.15, -0.1) is 5.10 Å². The molecule has 118 valence electrons. The zero-order valence-electron chi connectivity index (χ0n) is 12.7.